The number of hydrogen-bond donors (Lipinski definition) is 1. The van der Waals surface area contributed by atoms with Gasteiger partial charge in [0.05, 0.1) is 18.8 Å². The van der Waals surface area contributed by atoms with Gasteiger partial charge in [0, 0.05) is 0 Å². The molecule has 1 heterocycles. The third kappa shape index (κ3) is 3.54. The highest BCUT2D eigenvalue weighted by atomic mass is 16.5. The lowest BCUT2D eigenvalue weighted by atomic mass is 10.2. The van der Waals surface area contributed by atoms with Crippen molar-refractivity contribution in [2.75, 3.05) is 0 Å². The lowest BCUT2D eigenvalue weighted by Gasteiger charge is -2.09. The molecule has 2 aromatic rings. The summed E-state index contributed by atoms with van der Waals surface area (Å²) in [5.74, 6) is -0.273. The van der Waals surface area contributed by atoms with Crippen LogP contribution in [0.3, 0.4) is 0 Å². The van der Waals surface area contributed by atoms with Crippen LogP contribution in [0.5, 0.6) is 5.75 Å². The maximum Gasteiger partial charge on any atom is 0.358 e. The monoisotopic (exact) mass is 261 g/mol. The van der Waals surface area contributed by atoms with Gasteiger partial charge in [0.25, 0.3) is 0 Å². The number of aromatic carboxylic acids is 1. The standard InChI is InChI=1S/C13H15N3O3/c1-9(2)19-11-5-3-10(4-6-11)8-16-14-7-12(15-16)13(17)18/h3-7,9H,8H2,1-2H3,(H,17,18). The van der Waals surface area contributed by atoms with Crippen LogP contribution in [0.25, 0.3) is 0 Å². The molecule has 6 nitrogen and oxygen atoms in total. The number of aromatic nitrogens is 3. The Balaban J connectivity index is 2.04. The molecule has 1 aromatic heterocycles. The molecule has 0 atom stereocenters. The molecule has 0 aliphatic heterocycles. The van der Waals surface area contributed by atoms with Gasteiger partial charge in [-0.2, -0.15) is 9.90 Å². The molecule has 1 aromatic carbocycles. The number of rotatable bonds is 5. The van der Waals surface area contributed by atoms with E-state index >= 15 is 0 Å². The summed E-state index contributed by atoms with van der Waals surface area (Å²) in [6, 6.07) is 7.55. The first-order chi connectivity index (χ1) is 9.04. The van der Waals surface area contributed by atoms with Crippen LogP contribution in [0, 0.1) is 0 Å². The van der Waals surface area contributed by atoms with Crippen LogP contribution in [0.4, 0.5) is 0 Å². The van der Waals surface area contributed by atoms with Gasteiger partial charge >= 0.3 is 5.97 Å². The Morgan fingerprint density at radius 1 is 1.37 bits per heavy atom. The molecular formula is C13H15N3O3. The summed E-state index contributed by atoms with van der Waals surface area (Å²) in [6.45, 7) is 4.36. The van der Waals surface area contributed by atoms with Crippen LogP contribution >= 0.6 is 0 Å². The minimum Gasteiger partial charge on any atom is -0.491 e. The van der Waals surface area contributed by atoms with Crippen LogP contribution in [-0.2, 0) is 6.54 Å². The topological polar surface area (TPSA) is 77.2 Å². The van der Waals surface area contributed by atoms with E-state index in [1.165, 1.54) is 11.0 Å². The van der Waals surface area contributed by atoms with Crippen molar-refractivity contribution in [3.05, 3.63) is 41.7 Å². The van der Waals surface area contributed by atoms with Crippen molar-refractivity contribution in [3.8, 4) is 5.75 Å². The first kappa shape index (κ1) is 13.1. The van der Waals surface area contributed by atoms with Crippen molar-refractivity contribution in [2.45, 2.75) is 26.5 Å². The normalized spacial score (nSPS) is 10.7. The SMILES string of the molecule is CC(C)Oc1ccc(Cn2ncc(C(=O)O)n2)cc1. The summed E-state index contributed by atoms with van der Waals surface area (Å²) in [4.78, 5) is 12.0. The second-order valence-electron chi connectivity index (χ2n) is 4.38. The second-order valence-corrected chi connectivity index (χ2v) is 4.38. The predicted molar refractivity (Wildman–Crippen MR) is 68.3 cm³/mol. The highest BCUT2D eigenvalue weighted by Crippen LogP contribution is 2.14. The van der Waals surface area contributed by atoms with Crippen molar-refractivity contribution < 1.29 is 14.6 Å². The Bertz CT molecular complexity index is 561. The van der Waals surface area contributed by atoms with E-state index in [4.69, 9.17) is 9.84 Å². The number of carboxylic acid groups (broad SMARTS) is 1. The third-order valence-electron chi connectivity index (χ3n) is 2.37. The number of carboxylic acids is 1. The average Bonchev–Trinajstić information content (AvgIpc) is 2.80. The summed E-state index contributed by atoms with van der Waals surface area (Å²) in [7, 11) is 0. The molecule has 0 unspecified atom stereocenters. The zero-order valence-corrected chi connectivity index (χ0v) is 10.8. The molecule has 100 valence electrons. The van der Waals surface area contributed by atoms with E-state index in [0.29, 0.717) is 6.54 Å². The molecule has 0 amide bonds. The molecule has 0 saturated heterocycles. The van der Waals surface area contributed by atoms with E-state index in [-0.39, 0.29) is 11.8 Å². The van der Waals surface area contributed by atoms with Crippen LogP contribution in [0.2, 0.25) is 0 Å². The van der Waals surface area contributed by atoms with Crippen molar-refractivity contribution in [3.63, 3.8) is 0 Å². The number of ether oxygens (including phenoxy) is 1. The third-order valence-corrected chi connectivity index (χ3v) is 2.37. The van der Waals surface area contributed by atoms with Gasteiger partial charge in [-0.25, -0.2) is 4.79 Å². The number of carbonyl (C=O) groups is 1. The quantitative estimate of drug-likeness (QED) is 0.888. The van der Waals surface area contributed by atoms with Gasteiger partial charge in [-0.1, -0.05) is 12.1 Å². The predicted octanol–water partition coefficient (Wildman–Crippen LogP) is 1.81. The Hall–Kier alpha value is -2.37. The van der Waals surface area contributed by atoms with Gasteiger partial charge in [-0.15, -0.1) is 5.10 Å². The van der Waals surface area contributed by atoms with Gasteiger partial charge in [-0.3, -0.25) is 0 Å². The summed E-state index contributed by atoms with van der Waals surface area (Å²) in [5.41, 5.74) is 0.920. The lowest BCUT2D eigenvalue weighted by molar-refractivity contribution is 0.0689. The molecular weight excluding hydrogens is 246 g/mol. The summed E-state index contributed by atoms with van der Waals surface area (Å²) < 4.78 is 5.54. The van der Waals surface area contributed by atoms with Crippen molar-refractivity contribution in [2.24, 2.45) is 0 Å². The van der Waals surface area contributed by atoms with Crippen molar-refractivity contribution in [1.82, 2.24) is 15.0 Å². The first-order valence-corrected chi connectivity index (χ1v) is 5.93. The van der Waals surface area contributed by atoms with Crippen molar-refractivity contribution in [1.29, 1.82) is 0 Å². The Morgan fingerprint density at radius 3 is 2.58 bits per heavy atom. The molecule has 0 aliphatic carbocycles. The minimum atomic E-state index is -1.08. The molecule has 2 rings (SSSR count). The number of nitrogens with zero attached hydrogens (tertiary/aromatic N) is 3. The molecule has 0 radical (unpaired) electrons. The zero-order chi connectivity index (χ0) is 13.8. The van der Waals surface area contributed by atoms with Crippen LogP contribution in [-0.4, -0.2) is 32.2 Å². The van der Waals surface area contributed by atoms with Gasteiger partial charge in [0.15, 0.2) is 5.69 Å². The van der Waals surface area contributed by atoms with Gasteiger partial charge in [-0.05, 0) is 31.5 Å². The Labute approximate surface area is 110 Å². The van der Waals surface area contributed by atoms with E-state index in [9.17, 15) is 4.79 Å². The smallest absolute Gasteiger partial charge is 0.358 e. The summed E-state index contributed by atoms with van der Waals surface area (Å²) in [5, 5.41) is 16.5. The Morgan fingerprint density at radius 2 is 2.05 bits per heavy atom. The molecule has 0 aliphatic rings. The van der Waals surface area contributed by atoms with Crippen LogP contribution < -0.4 is 4.74 Å². The zero-order valence-electron chi connectivity index (χ0n) is 10.8. The summed E-state index contributed by atoms with van der Waals surface area (Å²) in [6.07, 6.45) is 1.37. The number of hydrogen-bond acceptors (Lipinski definition) is 4. The molecule has 0 bridgehead atoms. The lowest BCUT2D eigenvalue weighted by Crippen LogP contribution is -2.07. The average molecular weight is 261 g/mol. The fourth-order valence-corrected chi connectivity index (χ4v) is 1.58. The fourth-order valence-electron chi connectivity index (χ4n) is 1.58. The number of benzene rings is 1. The fraction of sp³-hybridized carbons (Fsp3) is 0.308. The van der Waals surface area contributed by atoms with Gasteiger partial charge in [0.1, 0.15) is 5.75 Å². The second kappa shape index (κ2) is 5.51. The van der Waals surface area contributed by atoms with E-state index in [2.05, 4.69) is 10.2 Å². The molecule has 0 fully saturated rings. The van der Waals surface area contributed by atoms with E-state index in [0.717, 1.165) is 11.3 Å². The van der Waals surface area contributed by atoms with Gasteiger partial charge in [0.2, 0.25) is 0 Å². The summed E-state index contributed by atoms with van der Waals surface area (Å²) >= 11 is 0. The van der Waals surface area contributed by atoms with E-state index in [1.54, 1.807) is 0 Å². The maximum atomic E-state index is 10.7. The minimum absolute atomic E-state index is 0.0558. The molecule has 6 heteroatoms. The van der Waals surface area contributed by atoms with Crippen LogP contribution in [0.1, 0.15) is 29.9 Å². The maximum absolute atomic E-state index is 10.7. The van der Waals surface area contributed by atoms with Crippen molar-refractivity contribution >= 4 is 5.97 Å². The van der Waals surface area contributed by atoms with E-state index < -0.39 is 5.97 Å². The van der Waals surface area contributed by atoms with E-state index in [1.807, 2.05) is 38.1 Å². The highest BCUT2D eigenvalue weighted by molar-refractivity contribution is 5.84. The molecule has 1 N–H and O–H groups in total. The molecule has 19 heavy (non-hydrogen) atoms. The molecule has 0 saturated carbocycles. The van der Waals surface area contributed by atoms with Gasteiger partial charge < -0.3 is 9.84 Å². The van der Waals surface area contributed by atoms with Crippen LogP contribution in [0.15, 0.2) is 30.5 Å². The first-order valence-electron chi connectivity index (χ1n) is 5.93. The highest BCUT2D eigenvalue weighted by Gasteiger charge is 2.08. The largest absolute Gasteiger partial charge is 0.491 e. The molecule has 0 spiro atoms. The Kier molecular flexibility index (Phi) is 3.79.